The molecule has 2 N–H and O–H groups in total. The number of amides is 1. The summed E-state index contributed by atoms with van der Waals surface area (Å²) in [6.07, 6.45) is -4.41. The van der Waals surface area contributed by atoms with Gasteiger partial charge < -0.3 is 15.4 Å². The number of nitrogens with one attached hydrogen (secondary N) is 2. The lowest BCUT2D eigenvalue weighted by atomic mass is 9.90. The second-order valence-corrected chi connectivity index (χ2v) is 7.36. The zero-order valence-electron chi connectivity index (χ0n) is 14.9. The van der Waals surface area contributed by atoms with E-state index < -0.39 is 35.5 Å². The predicted molar refractivity (Wildman–Crippen MR) is 86.7 cm³/mol. The highest BCUT2D eigenvalue weighted by Gasteiger charge is 2.40. The highest BCUT2D eigenvalue weighted by Crippen LogP contribution is 2.36. The zero-order valence-corrected chi connectivity index (χ0v) is 14.9. The lowest BCUT2D eigenvalue weighted by Gasteiger charge is -2.35. The maximum absolute atomic E-state index is 14.4. The summed E-state index contributed by atoms with van der Waals surface area (Å²) in [5.41, 5.74) is -1.97. The maximum atomic E-state index is 14.4. The number of hydrogen-bond donors (Lipinski definition) is 2. The lowest BCUT2D eigenvalue weighted by Crippen LogP contribution is -2.48. The monoisotopic (exact) mass is 392 g/mol. The molecule has 2 heterocycles. The van der Waals surface area contributed by atoms with E-state index in [0.29, 0.717) is 12.5 Å². The van der Waals surface area contributed by atoms with Crippen molar-refractivity contribution in [2.45, 2.75) is 44.6 Å². The van der Waals surface area contributed by atoms with Gasteiger partial charge in [-0.15, -0.1) is 0 Å². The fraction of sp³-hybridized carbons (Fsp3) is 0.611. The van der Waals surface area contributed by atoms with Gasteiger partial charge in [0.15, 0.2) is 0 Å². The molecule has 4 atom stereocenters. The van der Waals surface area contributed by atoms with Crippen molar-refractivity contribution in [1.29, 1.82) is 0 Å². The normalized spacial score (nSPS) is 27.3. The summed E-state index contributed by atoms with van der Waals surface area (Å²) in [6, 6.07) is -0.654. The Bertz CT molecular complexity index is 710. The molecule has 1 aromatic rings. The van der Waals surface area contributed by atoms with E-state index in [2.05, 4.69) is 10.6 Å². The number of ether oxygens (including phenoxy) is 1. The lowest BCUT2D eigenvalue weighted by molar-refractivity contribution is -0.140. The van der Waals surface area contributed by atoms with Gasteiger partial charge in [0.1, 0.15) is 11.6 Å². The van der Waals surface area contributed by atoms with Crippen molar-refractivity contribution in [2.24, 2.45) is 11.8 Å². The van der Waals surface area contributed by atoms with Crippen molar-refractivity contribution in [3.05, 3.63) is 34.9 Å². The van der Waals surface area contributed by atoms with E-state index in [1.54, 1.807) is 0 Å². The van der Waals surface area contributed by atoms with Crippen LogP contribution in [0.4, 0.5) is 22.0 Å². The van der Waals surface area contributed by atoms with Gasteiger partial charge in [-0.2, -0.15) is 13.2 Å². The minimum absolute atomic E-state index is 0.131. The fourth-order valence-corrected chi connectivity index (χ4v) is 3.48. The molecule has 0 aliphatic carbocycles. The van der Waals surface area contributed by atoms with Crippen molar-refractivity contribution < 1.29 is 31.5 Å². The summed E-state index contributed by atoms with van der Waals surface area (Å²) >= 11 is 0. The first-order valence-corrected chi connectivity index (χ1v) is 8.78. The third kappa shape index (κ3) is 4.08. The Labute approximate surface area is 153 Å². The number of alkyl halides is 3. The molecule has 1 amide bonds. The summed E-state index contributed by atoms with van der Waals surface area (Å²) < 4.78 is 71.8. The molecule has 2 aliphatic rings. The molecule has 150 valence electrons. The van der Waals surface area contributed by atoms with Gasteiger partial charge >= 0.3 is 6.18 Å². The second-order valence-electron chi connectivity index (χ2n) is 7.36. The van der Waals surface area contributed by atoms with Crippen LogP contribution >= 0.6 is 0 Å². The predicted octanol–water partition coefficient (Wildman–Crippen LogP) is 3.17. The molecule has 2 aliphatic heterocycles. The first kappa shape index (κ1) is 20.0. The zero-order chi connectivity index (χ0) is 19.9. The number of halogens is 5. The summed E-state index contributed by atoms with van der Waals surface area (Å²) in [6.45, 7) is 4.35. The maximum Gasteiger partial charge on any atom is 0.419 e. The van der Waals surface area contributed by atoms with Gasteiger partial charge in [0.25, 0.3) is 0 Å². The van der Waals surface area contributed by atoms with Crippen molar-refractivity contribution in [1.82, 2.24) is 10.6 Å². The topological polar surface area (TPSA) is 50.4 Å². The SMILES string of the molecule is C[C@@H]1C[C@H](C(=O)N[C@@H](c2cc(F)c(C(F)(F)F)cc2F)C2COC2)N[C@@H]1C. The van der Waals surface area contributed by atoms with E-state index in [-0.39, 0.29) is 48.6 Å². The number of rotatable bonds is 4. The molecule has 0 radical (unpaired) electrons. The van der Waals surface area contributed by atoms with E-state index in [4.69, 9.17) is 4.74 Å². The Morgan fingerprint density at radius 3 is 2.37 bits per heavy atom. The van der Waals surface area contributed by atoms with Gasteiger partial charge in [-0.05, 0) is 31.4 Å². The van der Waals surface area contributed by atoms with Gasteiger partial charge in [0, 0.05) is 17.5 Å². The summed E-state index contributed by atoms with van der Waals surface area (Å²) in [7, 11) is 0. The number of hydrogen-bond acceptors (Lipinski definition) is 3. The number of carbonyl (C=O) groups is 1. The van der Waals surface area contributed by atoms with Gasteiger partial charge in [-0.1, -0.05) is 6.92 Å². The van der Waals surface area contributed by atoms with Crippen LogP contribution in [0.25, 0.3) is 0 Å². The minimum atomic E-state index is -5.00. The van der Waals surface area contributed by atoms with Crippen LogP contribution in [0.15, 0.2) is 12.1 Å². The van der Waals surface area contributed by atoms with Crippen LogP contribution in [0.3, 0.4) is 0 Å². The van der Waals surface area contributed by atoms with Crippen LogP contribution in [-0.2, 0) is 15.7 Å². The Kier molecular flexibility index (Phi) is 5.45. The van der Waals surface area contributed by atoms with Crippen LogP contribution in [0.2, 0.25) is 0 Å². The number of benzene rings is 1. The summed E-state index contributed by atoms with van der Waals surface area (Å²) in [4.78, 5) is 12.6. The average Bonchev–Trinajstić information content (AvgIpc) is 2.85. The van der Waals surface area contributed by atoms with E-state index in [9.17, 15) is 26.7 Å². The van der Waals surface area contributed by atoms with Crippen molar-refractivity contribution in [2.75, 3.05) is 13.2 Å². The van der Waals surface area contributed by atoms with E-state index in [1.165, 1.54) is 0 Å². The molecular formula is C18H21F5N2O2. The fourth-order valence-electron chi connectivity index (χ4n) is 3.48. The highest BCUT2D eigenvalue weighted by atomic mass is 19.4. The Morgan fingerprint density at radius 1 is 1.22 bits per heavy atom. The van der Waals surface area contributed by atoms with Crippen LogP contribution in [0.1, 0.15) is 37.4 Å². The molecule has 27 heavy (non-hydrogen) atoms. The van der Waals surface area contributed by atoms with Gasteiger partial charge in [0.2, 0.25) is 5.91 Å². The van der Waals surface area contributed by atoms with Crippen LogP contribution < -0.4 is 10.6 Å². The molecule has 0 bridgehead atoms. The molecule has 0 unspecified atom stereocenters. The third-order valence-electron chi connectivity index (χ3n) is 5.40. The molecule has 1 aromatic carbocycles. The van der Waals surface area contributed by atoms with Crippen LogP contribution in [0, 0.1) is 23.5 Å². The Balaban J connectivity index is 1.85. The minimum Gasteiger partial charge on any atom is -0.381 e. The van der Waals surface area contributed by atoms with Gasteiger partial charge in [0.05, 0.1) is 30.9 Å². The van der Waals surface area contributed by atoms with E-state index in [0.717, 1.165) is 0 Å². The molecule has 0 saturated carbocycles. The average molecular weight is 392 g/mol. The van der Waals surface area contributed by atoms with Crippen LogP contribution in [-0.4, -0.2) is 31.2 Å². The molecule has 9 heteroatoms. The summed E-state index contributed by atoms with van der Waals surface area (Å²) in [5, 5.41) is 5.81. The largest absolute Gasteiger partial charge is 0.419 e. The first-order valence-electron chi connectivity index (χ1n) is 8.78. The number of carbonyl (C=O) groups excluding carboxylic acids is 1. The van der Waals surface area contributed by atoms with Gasteiger partial charge in [-0.3, -0.25) is 4.79 Å². The smallest absolute Gasteiger partial charge is 0.381 e. The van der Waals surface area contributed by atoms with Crippen LogP contribution in [0.5, 0.6) is 0 Å². The quantitative estimate of drug-likeness (QED) is 0.774. The van der Waals surface area contributed by atoms with Gasteiger partial charge in [-0.25, -0.2) is 8.78 Å². The molecule has 0 spiro atoms. The Morgan fingerprint density at radius 2 is 1.89 bits per heavy atom. The van der Waals surface area contributed by atoms with E-state index >= 15 is 0 Å². The van der Waals surface area contributed by atoms with Crippen molar-refractivity contribution in [3.8, 4) is 0 Å². The Hall–Kier alpha value is -1.74. The van der Waals surface area contributed by atoms with Crippen molar-refractivity contribution in [3.63, 3.8) is 0 Å². The molecule has 0 aromatic heterocycles. The molecule has 2 fully saturated rings. The molecule has 4 nitrogen and oxygen atoms in total. The molecular weight excluding hydrogens is 371 g/mol. The second kappa shape index (κ2) is 7.35. The van der Waals surface area contributed by atoms with E-state index in [1.807, 2.05) is 13.8 Å². The molecule has 3 rings (SSSR count). The standard InChI is InChI=1S/C18H21F5N2O2/c1-8-3-15(24-9(8)2)17(26)25-16(10-6-27-7-10)11-4-14(20)12(5-13(11)19)18(21,22)23/h4-5,8-10,15-16,24H,3,6-7H2,1-2H3,(H,25,26)/t8-,9-,15-,16-/m1/s1. The summed E-state index contributed by atoms with van der Waals surface area (Å²) in [5.74, 6) is -3.23. The molecule has 2 saturated heterocycles. The van der Waals surface area contributed by atoms with Crippen molar-refractivity contribution >= 4 is 5.91 Å². The first-order chi connectivity index (χ1) is 12.6. The highest BCUT2D eigenvalue weighted by molar-refractivity contribution is 5.82. The third-order valence-corrected chi connectivity index (χ3v) is 5.40.